The van der Waals surface area contributed by atoms with Crippen LogP contribution in [0.2, 0.25) is 0 Å². The first-order valence-corrected chi connectivity index (χ1v) is 8.02. The molecule has 0 bridgehead atoms. The molecule has 0 spiro atoms. The Bertz CT molecular complexity index is 448. The van der Waals surface area contributed by atoms with Crippen LogP contribution in [0.5, 0.6) is 11.5 Å². The molecule has 4 heteroatoms. The minimum Gasteiger partial charge on any atom is -0.454 e. The second kappa shape index (κ2) is 7.66. The van der Waals surface area contributed by atoms with Crippen molar-refractivity contribution < 1.29 is 9.47 Å². The lowest BCUT2D eigenvalue weighted by Crippen LogP contribution is -2.39. The van der Waals surface area contributed by atoms with Crippen LogP contribution in [0.15, 0.2) is 18.2 Å². The molecule has 1 aromatic carbocycles. The van der Waals surface area contributed by atoms with Gasteiger partial charge in [0, 0.05) is 18.6 Å². The molecule has 1 aromatic rings. The van der Waals surface area contributed by atoms with Crippen LogP contribution >= 0.6 is 0 Å². The monoisotopic (exact) mass is 292 g/mol. The molecule has 0 saturated carbocycles. The van der Waals surface area contributed by atoms with Crippen LogP contribution in [-0.4, -0.2) is 30.8 Å². The maximum absolute atomic E-state index is 6.08. The number of unbranched alkanes of at least 4 members (excludes halogenated alkanes) is 2. The summed E-state index contributed by atoms with van der Waals surface area (Å²) < 4.78 is 10.9. The van der Waals surface area contributed by atoms with Gasteiger partial charge in [0.2, 0.25) is 6.79 Å². The van der Waals surface area contributed by atoms with E-state index in [0.29, 0.717) is 19.4 Å². The maximum Gasteiger partial charge on any atom is 0.231 e. The van der Waals surface area contributed by atoms with Crippen molar-refractivity contribution in [3.05, 3.63) is 23.8 Å². The molecule has 0 amide bonds. The lowest BCUT2D eigenvalue weighted by atomic mass is 10.0. The number of rotatable bonds is 8. The number of fused-ring (bicyclic) bond motifs is 1. The average molecular weight is 292 g/mol. The van der Waals surface area contributed by atoms with Gasteiger partial charge in [-0.2, -0.15) is 0 Å². The van der Waals surface area contributed by atoms with Crippen molar-refractivity contribution in [3.8, 4) is 11.5 Å². The van der Waals surface area contributed by atoms with Crippen LogP contribution < -0.4 is 15.2 Å². The SMILES string of the molecule is CCCCCN(C(C)C)C(CN)c1ccc2c(c1)OCO2. The second-order valence-electron chi connectivity index (χ2n) is 5.90. The van der Waals surface area contributed by atoms with Gasteiger partial charge < -0.3 is 15.2 Å². The van der Waals surface area contributed by atoms with Crippen LogP contribution in [0.25, 0.3) is 0 Å². The fourth-order valence-electron chi connectivity index (χ4n) is 2.90. The van der Waals surface area contributed by atoms with Crippen molar-refractivity contribution >= 4 is 0 Å². The van der Waals surface area contributed by atoms with Gasteiger partial charge in [-0.25, -0.2) is 0 Å². The van der Waals surface area contributed by atoms with E-state index in [1.54, 1.807) is 0 Å². The molecule has 0 aromatic heterocycles. The number of nitrogens with zero attached hydrogens (tertiary/aromatic N) is 1. The molecule has 1 heterocycles. The molecule has 2 N–H and O–H groups in total. The number of benzene rings is 1. The van der Waals surface area contributed by atoms with Gasteiger partial charge in [0.15, 0.2) is 11.5 Å². The number of ether oxygens (including phenoxy) is 2. The largest absolute Gasteiger partial charge is 0.454 e. The zero-order chi connectivity index (χ0) is 15.2. The van der Waals surface area contributed by atoms with Crippen molar-refractivity contribution in [2.75, 3.05) is 19.9 Å². The summed E-state index contributed by atoms with van der Waals surface area (Å²) in [5.74, 6) is 1.67. The maximum atomic E-state index is 6.08. The lowest BCUT2D eigenvalue weighted by Gasteiger charge is -2.34. The first kappa shape index (κ1) is 16.1. The highest BCUT2D eigenvalue weighted by Crippen LogP contribution is 2.35. The minimum absolute atomic E-state index is 0.233. The number of hydrogen-bond donors (Lipinski definition) is 1. The van der Waals surface area contributed by atoms with E-state index in [2.05, 4.69) is 37.8 Å². The molecule has 1 aliphatic rings. The summed E-state index contributed by atoms with van der Waals surface area (Å²) in [5.41, 5.74) is 7.29. The van der Waals surface area contributed by atoms with Gasteiger partial charge in [0.25, 0.3) is 0 Å². The van der Waals surface area contributed by atoms with E-state index in [4.69, 9.17) is 15.2 Å². The highest BCUT2D eigenvalue weighted by molar-refractivity contribution is 5.45. The Hall–Kier alpha value is -1.26. The van der Waals surface area contributed by atoms with Gasteiger partial charge in [-0.1, -0.05) is 25.8 Å². The van der Waals surface area contributed by atoms with E-state index < -0.39 is 0 Å². The normalized spacial score (nSPS) is 15.0. The molecular weight excluding hydrogens is 264 g/mol. The first-order chi connectivity index (χ1) is 10.2. The van der Waals surface area contributed by atoms with Crippen LogP contribution in [0.1, 0.15) is 51.6 Å². The Morgan fingerprint density at radius 1 is 1.19 bits per heavy atom. The highest BCUT2D eigenvalue weighted by Gasteiger charge is 2.23. The van der Waals surface area contributed by atoms with E-state index >= 15 is 0 Å². The average Bonchev–Trinajstić information content (AvgIpc) is 2.94. The summed E-state index contributed by atoms with van der Waals surface area (Å²) in [6.07, 6.45) is 3.72. The van der Waals surface area contributed by atoms with Crippen molar-refractivity contribution in [2.24, 2.45) is 5.73 Å². The molecule has 2 rings (SSSR count). The van der Waals surface area contributed by atoms with Gasteiger partial charge in [-0.3, -0.25) is 4.90 Å². The highest BCUT2D eigenvalue weighted by atomic mass is 16.7. The quantitative estimate of drug-likeness (QED) is 0.747. The zero-order valence-corrected chi connectivity index (χ0v) is 13.5. The third-order valence-corrected chi connectivity index (χ3v) is 4.09. The molecule has 4 nitrogen and oxygen atoms in total. The first-order valence-electron chi connectivity index (χ1n) is 8.02. The molecule has 0 radical (unpaired) electrons. The molecule has 0 saturated heterocycles. The van der Waals surface area contributed by atoms with Gasteiger partial charge in [0.05, 0.1) is 0 Å². The van der Waals surface area contributed by atoms with Crippen molar-refractivity contribution in [3.63, 3.8) is 0 Å². The van der Waals surface area contributed by atoms with E-state index in [9.17, 15) is 0 Å². The summed E-state index contributed by atoms with van der Waals surface area (Å²) >= 11 is 0. The summed E-state index contributed by atoms with van der Waals surface area (Å²) in [7, 11) is 0. The zero-order valence-electron chi connectivity index (χ0n) is 13.5. The van der Waals surface area contributed by atoms with Crippen LogP contribution in [-0.2, 0) is 0 Å². The van der Waals surface area contributed by atoms with E-state index in [-0.39, 0.29) is 6.04 Å². The smallest absolute Gasteiger partial charge is 0.231 e. The van der Waals surface area contributed by atoms with E-state index in [0.717, 1.165) is 18.0 Å². The van der Waals surface area contributed by atoms with E-state index in [1.807, 2.05) is 6.07 Å². The summed E-state index contributed by atoms with van der Waals surface area (Å²) in [6.45, 7) is 8.73. The fourth-order valence-corrected chi connectivity index (χ4v) is 2.90. The molecule has 0 aliphatic carbocycles. The Kier molecular flexibility index (Phi) is 5.88. The van der Waals surface area contributed by atoms with Crippen molar-refractivity contribution in [1.29, 1.82) is 0 Å². The second-order valence-corrected chi connectivity index (χ2v) is 5.90. The van der Waals surface area contributed by atoms with Gasteiger partial charge in [-0.15, -0.1) is 0 Å². The molecule has 1 aliphatic heterocycles. The Labute approximate surface area is 128 Å². The Morgan fingerprint density at radius 2 is 1.95 bits per heavy atom. The lowest BCUT2D eigenvalue weighted by molar-refractivity contribution is 0.153. The molecule has 0 fully saturated rings. The third kappa shape index (κ3) is 3.89. The predicted octanol–water partition coefficient (Wildman–Crippen LogP) is 3.32. The molecule has 118 valence electrons. The molecular formula is C17H28N2O2. The van der Waals surface area contributed by atoms with Gasteiger partial charge in [0.1, 0.15) is 0 Å². The predicted molar refractivity (Wildman–Crippen MR) is 85.7 cm³/mol. The van der Waals surface area contributed by atoms with Crippen molar-refractivity contribution in [2.45, 2.75) is 52.1 Å². The summed E-state index contributed by atoms with van der Waals surface area (Å²) in [4.78, 5) is 2.49. The molecule has 1 unspecified atom stereocenters. The minimum atomic E-state index is 0.233. The molecule has 1 atom stereocenters. The standard InChI is InChI=1S/C17H28N2O2/c1-4-5-6-9-19(13(2)3)15(11-18)14-7-8-16-17(10-14)21-12-20-16/h7-8,10,13,15H,4-6,9,11-12,18H2,1-3H3. The summed E-state index contributed by atoms with van der Waals surface area (Å²) in [5, 5.41) is 0. The summed E-state index contributed by atoms with van der Waals surface area (Å²) in [6, 6.07) is 6.89. The topological polar surface area (TPSA) is 47.7 Å². The van der Waals surface area contributed by atoms with Gasteiger partial charge >= 0.3 is 0 Å². The molecule has 21 heavy (non-hydrogen) atoms. The van der Waals surface area contributed by atoms with Gasteiger partial charge in [-0.05, 0) is 44.5 Å². The van der Waals surface area contributed by atoms with Crippen molar-refractivity contribution in [1.82, 2.24) is 4.90 Å². The Morgan fingerprint density at radius 3 is 2.62 bits per heavy atom. The van der Waals surface area contributed by atoms with Crippen LogP contribution in [0.3, 0.4) is 0 Å². The van der Waals surface area contributed by atoms with E-state index in [1.165, 1.54) is 24.8 Å². The van der Waals surface area contributed by atoms with Crippen LogP contribution in [0.4, 0.5) is 0 Å². The third-order valence-electron chi connectivity index (χ3n) is 4.09. The Balaban J connectivity index is 2.15. The van der Waals surface area contributed by atoms with Crippen LogP contribution in [0, 0.1) is 0 Å². The number of nitrogens with two attached hydrogens (primary N) is 1. The number of hydrogen-bond acceptors (Lipinski definition) is 4. The fraction of sp³-hybridized carbons (Fsp3) is 0.647.